The van der Waals surface area contributed by atoms with Gasteiger partial charge in [-0.25, -0.2) is 37.4 Å². The highest BCUT2D eigenvalue weighted by atomic mass is 79.9. The largest absolute Gasteiger partial charge is 0.465 e. The fourth-order valence-corrected chi connectivity index (χ4v) is 6.35. The lowest BCUT2D eigenvalue weighted by atomic mass is 9.75. The predicted molar refractivity (Wildman–Crippen MR) is 172 cm³/mol. The van der Waals surface area contributed by atoms with Gasteiger partial charge in [0, 0.05) is 10.0 Å². The summed E-state index contributed by atoms with van der Waals surface area (Å²) in [5, 5.41) is 17.3. The van der Waals surface area contributed by atoms with Gasteiger partial charge in [-0.3, -0.25) is 15.0 Å². The quantitative estimate of drug-likeness (QED) is 0.191. The molecule has 20 heteroatoms. The lowest BCUT2D eigenvalue weighted by Crippen LogP contribution is -2.51. The van der Waals surface area contributed by atoms with Crippen LogP contribution in [0.15, 0.2) is 52.2 Å². The third-order valence-corrected chi connectivity index (χ3v) is 8.96. The highest BCUT2D eigenvalue weighted by molar-refractivity contribution is 9.10. The summed E-state index contributed by atoms with van der Waals surface area (Å²) in [5.74, 6) is -3.34. The molecular weight excluding hydrogens is 780 g/mol. The number of benzene rings is 2. The number of hydrogen-bond acceptors (Lipinski definition) is 7. The molecule has 12 nitrogen and oxygen atoms in total. The maximum absolute atomic E-state index is 15.7. The Kier molecular flexibility index (Phi) is 10.1. The van der Waals surface area contributed by atoms with Gasteiger partial charge in [0.05, 0.1) is 16.8 Å². The van der Waals surface area contributed by atoms with Gasteiger partial charge < -0.3 is 15.2 Å². The van der Waals surface area contributed by atoms with Gasteiger partial charge in [-0.1, -0.05) is 60.4 Å². The number of aliphatic imine (C=N–C) groups is 1. The fraction of sp³-hybridized carbons (Fsp3) is 0.419. The first kappa shape index (κ1) is 37.9. The zero-order valence-electron chi connectivity index (χ0n) is 26.9. The number of nitrogens with zero attached hydrogens (tertiary/aromatic N) is 5. The van der Waals surface area contributed by atoms with Crippen molar-refractivity contribution in [2.24, 2.45) is 10.4 Å². The second kappa shape index (κ2) is 13.6. The molecule has 0 radical (unpaired) electrons. The molecule has 2 atom stereocenters. The van der Waals surface area contributed by atoms with Gasteiger partial charge >= 0.3 is 18.4 Å². The summed E-state index contributed by atoms with van der Waals surface area (Å²) >= 11 is 9.53. The molecule has 1 aliphatic heterocycles. The molecular formula is C31H29BrClF6N7O5. The Balaban J connectivity index is 1.67. The number of aromatic nitrogens is 3. The van der Waals surface area contributed by atoms with E-state index in [1.165, 1.54) is 30.3 Å². The molecule has 0 spiro atoms. The molecule has 1 aliphatic carbocycles. The van der Waals surface area contributed by atoms with E-state index in [-0.39, 0.29) is 28.3 Å². The van der Waals surface area contributed by atoms with Gasteiger partial charge in [-0.05, 0) is 54.5 Å². The Morgan fingerprint density at radius 1 is 1.14 bits per heavy atom. The second-order valence-electron chi connectivity index (χ2n) is 13.1. The number of halogens is 8. The maximum atomic E-state index is 15.7. The van der Waals surface area contributed by atoms with Crippen molar-refractivity contribution >= 4 is 51.6 Å². The first-order valence-corrected chi connectivity index (χ1v) is 16.2. The normalized spacial score (nSPS) is 19.2. The molecule has 1 aromatic heterocycles. The number of alkyl halides is 5. The minimum Gasteiger partial charge on any atom is -0.465 e. The highest BCUT2D eigenvalue weighted by Crippen LogP contribution is 2.49. The number of rotatable bonds is 9. The molecule has 3 N–H and O–H groups in total. The van der Waals surface area contributed by atoms with Crippen LogP contribution in [-0.2, 0) is 15.1 Å². The van der Waals surface area contributed by atoms with Crippen LogP contribution in [0.3, 0.4) is 0 Å². The number of nitrogens with one attached hydrogen (secondary N) is 2. The zero-order chi connectivity index (χ0) is 37.7. The van der Waals surface area contributed by atoms with Gasteiger partial charge in [0.15, 0.2) is 11.4 Å². The molecule has 51 heavy (non-hydrogen) atoms. The van der Waals surface area contributed by atoms with Crippen molar-refractivity contribution in [2.75, 3.05) is 6.61 Å². The van der Waals surface area contributed by atoms with Gasteiger partial charge in [0.25, 0.3) is 12.3 Å². The first-order valence-electron chi connectivity index (χ1n) is 15.1. The van der Waals surface area contributed by atoms with Crippen molar-refractivity contribution < 1.29 is 50.6 Å². The van der Waals surface area contributed by atoms with E-state index in [1.807, 2.05) is 5.32 Å². The van der Waals surface area contributed by atoms with Crippen LogP contribution in [0.5, 0.6) is 0 Å². The maximum Gasteiger partial charge on any atom is 0.411 e. The Hall–Kier alpha value is -4.39. The molecule has 2 aliphatic rings. The van der Waals surface area contributed by atoms with Crippen LogP contribution in [0, 0.1) is 11.2 Å². The Labute approximate surface area is 299 Å². The SMILES string of the molecule is CC(C)(C)C[C@]1(c2ccc(Br)cc2F)N=C(NC(=O)O)N([C@H](COC(=O)NC2(C(F)(F)F)CC2)c2ccc(Cl)c(-n3ncnc3C(F)F)c2)C1=O. The van der Waals surface area contributed by atoms with Gasteiger partial charge in [-0.2, -0.15) is 18.3 Å². The molecule has 2 heterocycles. The third kappa shape index (κ3) is 7.63. The number of ether oxygens (including phenoxy) is 1. The van der Waals surface area contributed by atoms with E-state index >= 15 is 4.39 Å². The summed E-state index contributed by atoms with van der Waals surface area (Å²) < 4.78 is 90.5. The van der Waals surface area contributed by atoms with Crippen LogP contribution in [0.25, 0.3) is 5.69 Å². The van der Waals surface area contributed by atoms with E-state index in [2.05, 4.69) is 31.0 Å². The predicted octanol–water partition coefficient (Wildman–Crippen LogP) is 7.42. The van der Waals surface area contributed by atoms with E-state index in [9.17, 15) is 41.4 Å². The summed E-state index contributed by atoms with van der Waals surface area (Å²) in [4.78, 5) is 48.5. The molecule has 5 rings (SSSR count). The minimum absolute atomic E-state index is 0.0500. The standard InChI is InChI=1S/C31H29BrClF6N7O5/c1-28(2,3)13-30(17-6-5-16(32)11-19(17)34)24(47)45(25(43-30)42-26(48)49)21(12-51-27(50)44-29(8-9-29)31(37,38)39)15-4-7-18(33)20(10-15)46-23(22(35)36)40-14-41-46/h4-7,10-11,14,21-22H,8-9,12-13H2,1-3H3,(H,42,43)(H,44,50)(H,48,49)/t21-,30-/m1/s1. The lowest BCUT2D eigenvalue weighted by Gasteiger charge is -2.35. The average molecular weight is 809 g/mol. The molecule has 1 fully saturated rings. The monoisotopic (exact) mass is 807 g/mol. The van der Waals surface area contributed by atoms with Gasteiger partial charge in [-0.15, -0.1) is 0 Å². The smallest absolute Gasteiger partial charge is 0.411 e. The minimum atomic E-state index is -4.80. The highest BCUT2D eigenvalue weighted by Gasteiger charge is 2.65. The van der Waals surface area contributed by atoms with E-state index in [0.29, 0.717) is 9.15 Å². The van der Waals surface area contributed by atoms with E-state index < -0.39 is 90.3 Å². The molecule has 0 saturated heterocycles. The number of carbonyl (C=O) groups excluding carboxylic acids is 2. The number of amides is 3. The van der Waals surface area contributed by atoms with Crippen molar-refractivity contribution in [1.82, 2.24) is 30.3 Å². The number of alkyl carbamates (subject to hydrolysis) is 1. The Morgan fingerprint density at radius 2 is 1.82 bits per heavy atom. The molecule has 0 unspecified atom stereocenters. The van der Waals surface area contributed by atoms with E-state index in [0.717, 1.165) is 17.3 Å². The van der Waals surface area contributed by atoms with Crippen molar-refractivity contribution in [3.8, 4) is 5.69 Å². The third-order valence-electron chi connectivity index (χ3n) is 8.15. The van der Waals surface area contributed by atoms with Crippen LogP contribution < -0.4 is 10.6 Å². The van der Waals surface area contributed by atoms with E-state index in [1.54, 1.807) is 26.1 Å². The second-order valence-corrected chi connectivity index (χ2v) is 14.4. The molecule has 3 amide bonds. The summed E-state index contributed by atoms with van der Waals surface area (Å²) in [7, 11) is 0. The van der Waals surface area contributed by atoms with Crippen LogP contribution in [0.4, 0.5) is 35.9 Å². The number of carbonyl (C=O) groups is 3. The van der Waals surface area contributed by atoms with Crippen LogP contribution in [-0.4, -0.2) is 67.1 Å². The van der Waals surface area contributed by atoms with Crippen LogP contribution >= 0.6 is 27.5 Å². The lowest BCUT2D eigenvalue weighted by molar-refractivity contribution is -0.164. The fourth-order valence-electron chi connectivity index (χ4n) is 5.82. The van der Waals surface area contributed by atoms with Crippen molar-refractivity contribution in [2.45, 2.75) is 69.8 Å². The van der Waals surface area contributed by atoms with Gasteiger partial charge in [0.2, 0.25) is 5.96 Å². The Morgan fingerprint density at radius 3 is 2.39 bits per heavy atom. The topological polar surface area (TPSA) is 151 Å². The van der Waals surface area contributed by atoms with Gasteiger partial charge in [0.1, 0.15) is 24.3 Å². The number of hydrogen-bond donors (Lipinski definition) is 3. The summed E-state index contributed by atoms with van der Waals surface area (Å²) in [6, 6.07) is 5.87. The Bertz CT molecular complexity index is 1900. The van der Waals surface area contributed by atoms with Crippen LogP contribution in [0.2, 0.25) is 5.02 Å². The molecule has 274 valence electrons. The average Bonchev–Trinajstić information content (AvgIpc) is 3.54. The molecule has 0 bridgehead atoms. The summed E-state index contributed by atoms with van der Waals surface area (Å²) in [5.41, 5.74) is -5.89. The van der Waals surface area contributed by atoms with E-state index in [4.69, 9.17) is 16.3 Å². The number of guanidine groups is 1. The molecule has 1 saturated carbocycles. The zero-order valence-corrected chi connectivity index (χ0v) is 29.2. The van der Waals surface area contributed by atoms with Crippen molar-refractivity contribution in [3.63, 3.8) is 0 Å². The molecule has 2 aromatic carbocycles. The molecule has 3 aromatic rings. The number of carboxylic acid groups (broad SMARTS) is 1. The summed E-state index contributed by atoms with van der Waals surface area (Å²) in [6.45, 7) is 4.25. The first-order chi connectivity index (χ1) is 23.7. The van der Waals surface area contributed by atoms with Crippen LogP contribution in [0.1, 0.15) is 69.5 Å². The van der Waals surface area contributed by atoms with Crippen molar-refractivity contribution in [3.05, 3.63) is 75.0 Å². The van der Waals surface area contributed by atoms with Crippen molar-refractivity contribution in [1.29, 1.82) is 0 Å². The summed E-state index contributed by atoms with van der Waals surface area (Å²) in [6.07, 6.45) is -11.3.